The second kappa shape index (κ2) is 11.9. The van der Waals surface area contributed by atoms with E-state index in [1.165, 1.54) is 5.69 Å². The summed E-state index contributed by atoms with van der Waals surface area (Å²) in [6, 6.07) is 15.8. The summed E-state index contributed by atoms with van der Waals surface area (Å²) in [6.07, 6.45) is 8.18. The average molecular weight is 428 g/mol. The van der Waals surface area contributed by atoms with Crippen LogP contribution < -0.4 is 4.90 Å². The van der Waals surface area contributed by atoms with Crippen molar-refractivity contribution in [1.29, 1.82) is 0 Å². The highest BCUT2D eigenvalue weighted by molar-refractivity contribution is 7.91. The van der Waals surface area contributed by atoms with E-state index in [1.807, 2.05) is 18.2 Å². The molecule has 0 aliphatic rings. The second-order valence-corrected chi connectivity index (χ2v) is 9.90. The number of benzene rings is 2. The van der Waals surface area contributed by atoms with Gasteiger partial charge in [0.2, 0.25) is 0 Å². The van der Waals surface area contributed by atoms with Crippen molar-refractivity contribution in [1.82, 2.24) is 0 Å². The maximum Gasteiger partial charge on any atom is 0.178 e. The number of hydrogen-bond acceptors (Lipinski definition) is 3. The Balaban J connectivity index is 2.04. The summed E-state index contributed by atoms with van der Waals surface area (Å²) in [7, 11) is -3.23. The molecule has 0 spiro atoms. The van der Waals surface area contributed by atoms with Crippen molar-refractivity contribution in [3.8, 4) is 0 Å². The third-order valence-corrected chi connectivity index (χ3v) is 7.63. The molecule has 2 aromatic carbocycles. The summed E-state index contributed by atoms with van der Waals surface area (Å²) >= 11 is 0. The molecular weight excluding hydrogens is 390 g/mol. The molecule has 0 aliphatic carbocycles. The Morgan fingerprint density at radius 1 is 0.833 bits per heavy atom. The van der Waals surface area contributed by atoms with E-state index in [0.717, 1.165) is 49.9 Å². The van der Waals surface area contributed by atoms with Gasteiger partial charge in [-0.25, -0.2) is 8.42 Å². The van der Waals surface area contributed by atoms with E-state index in [-0.39, 0.29) is 11.7 Å². The van der Waals surface area contributed by atoms with Crippen LogP contribution in [0.4, 0.5) is 5.69 Å². The predicted octanol–water partition coefficient (Wildman–Crippen LogP) is 6.69. The van der Waals surface area contributed by atoms with E-state index >= 15 is 0 Å². The van der Waals surface area contributed by atoms with Crippen molar-refractivity contribution in [3.63, 3.8) is 0 Å². The second-order valence-electron chi connectivity index (χ2n) is 7.86. The summed E-state index contributed by atoms with van der Waals surface area (Å²) in [5.74, 6) is 0.492. The van der Waals surface area contributed by atoms with Crippen LogP contribution in [0.3, 0.4) is 0 Å². The lowest BCUT2D eigenvalue weighted by atomic mass is 10.0. The monoisotopic (exact) mass is 427 g/mol. The van der Waals surface area contributed by atoms with Gasteiger partial charge in [0.25, 0.3) is 0 Å². The molecule has 30 heavy (non-hydrogen) atoms. The van der Waals surface area contributed by atoms with Crippen LogP contribution in [0.1, 0.15) is 64.5 Å². The molecule has 1 atom stereocenters. The lowest BCUT2D eigenvalue weighted by Gasteiger charge is -2.20. The van der Waals surface area contributed by atoms with E-state index in [4.69, 9.17) is 0 Å². The molecular formula is C26H37NO2S. The van der Waals surface area contributed by atoms with E-state index in [0.29, 0.717) is 4.90 Å². The Hall–Kier alpha value is -2.07. The Bertz CT molecular complexity index is 880. The Kier molecular flexibility index (Phi) is 9.64. The molecule has 2 rings (SSSR count). The molecule has 0 radical (unpaired) electrons. The van der Waals surface area contributed by atoms with Gasteiger partial charge in [0.1, 0.15) is 0 Å². The number of anilines is 1. The summed E-state index contributed by atoms with van der Waals surface area (Å²) in [5, 5.41) is 0. The Labute approximate surface area is 183 Å². The molecule has 0 saturated carbocycles. The molecule has 0 fully saturated rings. The van der Waals surface area contributed by atoms with Gasteiger partial charge in [0.15, 0.2) is 9.84 Å². The quantitative estimate of drug-likeness (QED) is 0.354. The van der Waals surface area contributed by atoms with Crippen LogP contribution in [0.2, 0.25) is 0 Å². The molecule has 4 heteroatoms. The lowest BCUT2D eigenvalue weighted by Crippen LogP contribution is -2.21. The van der Waals surface area contributed by atoms with Gasteiger partial charge in [-0.15, -0.1) is 0 Å². The molecule has 2 aromatic rings. The molecule has 3 nitrogen and oxygen atoms in total. The van der Waals surface area contributed by atoms with Crippen LogP contribution in [0.5, 0.6) is 0 Å². The zero-order valence-electron chi connectivity index (χ0n) is 19.0. The van der Waals surface area contributed by atoms with Crippen molar-refractivity contribution >= 4 is 27.7 Å². The lowest BCUT2D eigenvalue weighted by molar-refractivity contribution is 0.483. The minimum absolute atomic E-state index is 0.244. The number of rotatable bonds is 12. The van der Waals surface area contributed by atoms with Gasteiger partial charge < -0.3 is 4.90 Å². The van der Waals surface area contributed by atoms with Crippen molar-refractivity contribution in [3.05, 3.63) is 59.7 Å². The zero-order valence-corrected chi connectivity index (χ0v) is 19.8. The van der Waals surface area contributed by atoms with E-state index in [9.17, 15) is 8.42 Å². The fourth-order valence-electron chi connectivity index (χ4n) is 3.67. The van der Waals surface area contributed by atoms with Gasteiger partial charge in [-0.3, -0.25) is 0 Å². The molecule has 0 aliphatic heterocycles. The van der Waals surface area contributed by atoms with Gasteiger partial charge in [0, 0.05) is 18.8 Å². The van der Waals surface area contributed by atoms with Gasteiger partial charge in [-0.05, 0) is 61.6 Å². The first kappa shape index (κ1) is 24.2. The van der Waals surface area contributed by atoms with Crippen molar-refractivity contribution in [2.24, 2.45) is 5.92 Å². The summed E-state index contributed by atoms with van der Waals surface area (Å²) in [4.78, 5) is 2.75. The van der Waals surface area contributed by atoms with Crippen LogP contribution in [0.15, 0.2) is 53.4 Å². The van der Waals surface area contributed by atoms with Gasteiger partial charge in [-0.1, -0.05) is 69.5 Å². The number of nitrogens with zero attached hydrogens (tertiary/aromatic N) is 1. The highest BCUT2D eigenvalue weighted by Gasteiger charge is 2.19. The smallest absolute Gasteiger partial charge is 0.178 e. The van der Waals surface area contributed by atoms with Crippen molar-refractivity contribution < 1.29 is 8.42 Å². The molecule has 1 unspecified atom stereocenters. The molecule has 0 aromatic heterocycles. The summed E-state index contributed by atoms with van der Waals surface area (Å²) in [6.45, 7) is 10.5. The normalized spacial score (nSPS) is 12.9. The molecule has 0 bridgehead atoms. The molecule has 0 saturated heterocycles. The maximum atomic E-state index is 12.8. The zero-order chi connectivity index (χ0) is 22.0. The Morgan fingerprint density at radius 2 is 1.37 bits per heavy atom. The fraction of sp³-hybridized carbons (Fsp3) is 0.462. The topological polar surface area (TPSA) is 37.4 Å². The average Bonchev–Trinajstić information content (AvgIpc) is 2.77. The summed E-state index contributed by atoms with van der Waals surface area (Å²) in [5.41, 5.74) is 3.36. The first-order chi connectivity index (χ1) is 14.4. The van der Waals surface area contributed by atoms with Gasteiger partial charge in [0.05, 0.1) is 10.6 Å². The van der Waals surface area contributed by atoms with Crippen LogP contribution in [0, 0.1) is 5.92 Å². The highest BCUT2D eigenvalue weighted by Crippen LogP contribution is 2.21. The number of unbranched alkanes of at least 4 members (excludes halogenated alkanes) is 1. The third-order valence-electron chi connectivity index (χ3n) is 5.73. The number of hydrogen-bond donors (Lipinski definition) is 0. The minimum atomic E-state index is -3.23. The third kappa shape index (κ3) is 7.02. The Morgan fingerprint density at radius 3 is 1.83 bits per heavy atom. The van der Waals surface area contributed by atoms with E-state index in [1.54, 1.807) is 12.1 Å². The van der Waals surface area contributed by atoms with Crippen LogP contribution >= 0.6 is 0 Å². The molecule has 164 valence electrons. The van der Waals surface area contributed by atoms with Crippen molar-refractivity contribution in [2.45, 2.75) is 58.3 Å². The van der Waals surface area contributed by atoms with Crippen molar-refractivity contribution in [2.75, 3.05) is 23.7 Å². The molecule has 0 N–H and O–H groups in total. The molecule has 0 heterocycles. The van der Waals surface area contributed by atoms with E-state index < -0.39 is 9.84 Å². The predicted molar refractivity (Wildman–Crippen MR) is 131 cm³/mol. The molecule has 0 amide bonds. The van der Waals surface area contributed by atoms with E-state index in [2.05, 4.69) is 62.9 Å². The highest BCUT2D eigenvalue weighted by atomic mass is 32.2. The van der Waals surface area contributed by atoms with Crippen LogP contribution in [-0.4, -0.2) is 27.3 Å². The van der Waals surface area contributed by atoms with Gasteiger partial charge in [-0.2, -0.15) is 0 Å². The SMILES string of the molecule is CCCCC(CC)CS(=O)(=O)c1ccc(/C=C/c2ccc(N(CC)CC)cc2)cc1. The maximum absolute atomic E-state index is 12.8. The minimum Gasteiger partial charge on any atom is -0.372 e. The van der Waals surface area contributed by atoms with Gasteiger partial charge >= 0.3 is 0 Å². The first-order valence-electron chi connectivity index (χ1n) is 11.3. The standard InChI is InChI=1S/C26H37NO2S/c1-5-9-10-22(6-2)21-30(28,29)26-19-15-24(16-20-26)12-11-23-13-17-25(18-14-23)27(7-3)8-4/h11-20,22H,5-10,21H2,1-4H3/b12-11+. The fourth-order valence-corrected chi connectivity index (χ4v) is 5.43. The largest absolute Gasteiger partial charge is 0.372 e. The van der Waals surface area contributed by atoms with Crippen LogP contribution in [-0.2, 0) is 9.84 Å². The van der Waals surface area contributed by atoms with Crippen LogP contribution in [0.25, 0.3) is 12.2 Å². The first-order valence-corrected chi connectivity index (χ1v) is 12.9. The number of sulfone groups is 1. The summed E-state index contributed by atoms with van der Waals surface area (Å²) < 4.78 is 25.5.